The molecule has 17 heavy (non-hydrogen) atoms. The molecule has 0 aliphatic heterocycles. The van der Waals surface area contributed by atoms with Gasteiger partial charge in [-0.3, -0.25) is 4.79 Å². The molecule has 1 aromatic heterocycles. The molecule has 0 spiro atoms. The van der Waals surface area contributed by atoms with Crippen molar-refractivity contribution in [3.8, 4) is 0 Å². The summed E-state index contributed by atoms with van der Waals surface area (Å²) in [7, 11) is 0. The van der Waals surface area contributed by atoms with Crippen LogP contribution in [-0.2, 0) is 6.54 Å². The molecule has 88 valence electrons. The van der Waals surface area contributed by atoms with E-state index >= 15 is 0 Å². The Kier molecular flexibility index (Phi) is 3.18. The van der Waals surface area contributed by atoms with Crippen molar-refractivity contribution in [1.29, 1.82) is 0 Å². The van der Waals surface area contributed by atoms with E-state index in [2.05, 4.69) is 15.0 Å². The topological polar surface area (TPSA) is 55.1 Å². The molecule has 0 aliphatic rings. The van der Waals surface area contributed by atoms with Crippen molar-refractivity contribution in [3.63, 3.8) is 0 Å². The lowest BCUT2D eigenvalue weighted by atomic mass is 10.2. The van der Waals surface area contributed by atoms with E-state index in [0.29, 0.717) is 17.8 Å². The first-order chi connectivity index (χ1) is 8.16. The summed E-state index contributed by atoms with van der Waals surface area (Å²) >= 11 is 0. The van der Waals surface area contributed by atoms with Gasteiger partial charge in [0.2, 0.25) is 0 Å². The largest absolute Gasteiger partial charge is 0.364 e. The number of nitrogens with zero attached hydrogens (tertiary/aromatic N) is 1. The van der Waals surface area contributed by atoms with Crippen LogP contribution >= 0.6 is 0 Å². The van der Waals surface area contributed by atoms with E-state index in [1.807, 2.05) is 0 Å². The van der Waals surface area contributed by atoms with Crippen LogP contribution in [0, 0.1) is 12.7 Å². The monoisotopic (exact) mass is 234 g/mol. The second-order valence-corrected chi connectivity index (χ2v) is 3.62. The van der Waals surface area contributed by atoms with Gasteiger partial charge in [-0.1, -0.05) is 17.3 Å². The van der Waals surface area contributed by atoms with Crippen LogP contribution in [0.5, 0.6) is 0 Å². The smallest absolute Gasteiger partial charge is 0.256 e. The Bertz CT molecular complexity index is 520. The van der Waals surface area contributed by atoms with Gasteiger partial charge in [-0.25, -0.2) is 4.39 Å². The summed E-state index contributed by atoms with van der Waals surface area (Å²) in [4.78, 5) is 11.7. The number of carbonyl (C=O) groups is 1. The Balaban J connectivity index is 1.97. The lowest BCUT2D eigenvalue weighted by molar-refractivity contribution is 0.0950. The van der Waals surface area contributed by atoms with Gasteiger partial charge >= 0.3 is 0 Å². The number of aromatic nitrogens is 1. The summed E-state index contributed by atoms with van der Waals surface area (Å²) in [5, 5.41) is 6.32. The fourth-order valence-corrected chi connectivity index (χ4v) is 1.39. The van der Waals surface area contributed by atoms with Gasteiger partial charge in [0.25, 0.3) is 5.91 Å². The average Bonchev–Trinajstić information content (AvgIpc) is 2.74. The van der Waals surface area contributed by atoms with Crippen LogP contribution in [0.4, 0.5) is 4.39 Å². The normalized spacial score (nSPS) is 10.2. The molecule has 0 atom stereocenters. The van der Waals surface area contributed by atoms with Crippen LogP contribution in [0.15, 0.2) is 35.1 Å². The first-order valence-electron chi connectivity index (χ1n) is 5.10. The number of carbonyl (C=O) groups excluding carboxylic acids is 1. The average molecular weight is 234 g/mol. The van der Waals surface area contributed by atoms with Crippen LogP contribution in [-0.4, -0.2) is 11.1 Å². The lowest BCUT2D eigenvalue weighted by Crippen LogP contribution is -2.23. The minimum Gasteiger partial charge on any atom is -0.364 e. The summed E-state index contributed by atoms with van der Waals surface area (Å²) in [5.41, 5.74) is 1.78. The highest BCUT2D eigenvalue weighted by molar-refractivity contribution is 5.94. The quantitative estimate of drug-likeness (QED) is 0.884. The molecule has 5 heteroatoms. The van der Waals surface area contributed by atoms with Crippen LogP contribution in [0.2, 0.25) is 0 Å². The zero-order chi connectivity index (χ0) is 12.3. The molecule has 0 saturated heterocycles. The number of hydrogen-bond donors (Lipinski definition) is 1. The molecule has 1 amide bonds. The standard InChI is InChI=1S/C12H11FN2O2/c1-8-11(7-17-15-8)12(16)14-6-9-2-4-10(13)5-3-9/h2-5,7H,6H2,1H3,(H,14,16). The second kappa shape index (κ2) is 4.78. The summed E-state index contributed by atoms with van der Waals surface area (Å²) < 4.78 is 17.3. The van der Waals surface area contributed by atoms with Crippen LogP contribution < -0.4 is 5.32 Å². The predicted octanol–water partition coefficient (Wildman–Crippen LogP) is 2.05. The van der Waals surface area contributed by atoms with Gasteiger partial charge < -0.3 is 9.84 Å². The van der Waals surface area contributed by atoms with Gasteiger partial charge in [0.1, 0.15) is 17.6 Å². The minimum atomic E-state index is -0.296. The van der Waals surface area contributed by atoms with Gasteiger partial charge in [0.15, 0.2) is 0 Å². The highest BCUT2D eigenvalue weighted by Gasteiger charge is 2.11. The molecule has 1 aromatic carbocycles. The maximum absolute atomic E-state index is 12.7. The Morgan fingerprint density at radius 2 is 2.12 bits per heavy atom. The van der Waals surface area contributed by atoms with Gasteiger partial charge in [-0.05, 0) is 24.6 Å². The van der Waals surface area contributed by atoms with Crippen molar-refractivity contribution in [1.82, 2.24) is 10.5 Å². The summed E-state index contributed by atoms with van der Waals surface area (Å²) in [6.07, 6.45) is 1.30. The van der Waals surface area contributed by atoms with E-state index in [1.54, 1.807) is 19.1 Å². The molecule has 1 heterocycles. The Labute approximate surface area is 97.4 Å². The third-order valence-corrected chi connectivity index (χ3v) is 2.36. The molecule has 2 aromatic rings. The van der Waals surface area contributed by atoms with E-state index in [9.17, 15) is 9.18 Å². The molecular formula is C12H11FN2O2. The minimum absolute atomic E-state index is 0.256. The first kappa shape index (κ1) is 11.3. The lowest BCUT2D eigenvalue weighted by Gasteiger charge is -2.03. The van der Waals surface area contributed by atoms with E-state index < -0.39 is 0 Å². The Morgan fingerprint density at radius 3 is 2.71 bits per heavy atom. The molecule has 4 nitrogen and oxygen atoms in total. The van der Waals surface area contributed by atoms with E-state index in [4.69, 9.17) is 0 Å². The van der Waals surface area contributed by atoms with Crippen molar-refractivity contribution >= 4 is 5.91 Å². The van der Waals surface area contributed by atoms with Crippen molar-refractivity contribution in [2.45, 2.75) is 13.5 Å². The zero-order valence-corrected chi connectivity index (χ0v) is 9.24. The molecular weight excluding hydrogens is 223 g/mol. The maximum Gasteiger partial charge on any atom is 0.256 e. The van der Waals surface area contributed by atoms with Gasteiger partial charge in [0.05, 0.1) is 5.69 Å². The number of nitrogens with one attached hydrogen (secondary N) is 1. The molecule has 0 unspecified atom stereocenters. The fraction of sp³-hybridized carbons (Fsp3) is 0.167. The van der Waals surface area contributed by atoms with Crippen molar-refractivity contribution in [2.75, 3.05) is 0 Å². The second-order valence-electron chi connectivity index (χ2n) is 3.62. The predicted molar refractivity (Wildman–Crippen MR) is 58.8 cm³/mol. The molecule has 0 aliphatic carbocycles. The van der Waals surface area contributed by atoms with E-state index in [1.165, 1.54) is 18.4 Å². The van der Waals surface area contributed by atoms with E-state index in [-0.39, 0.29) is 11.7 Å². The van der Waals surface area contributed by atoms with Crippen LogP contribution in [0.3, 0.4) is 0 Å². The van der Waals surface area contributed by atoms with Gasteiger partial charge in [0, 0.05) is 6.54 Å². The molecule has 0 fully saturated rings. The Hall–Kier alpha value is -2.17. The highest BCUT2D eigenvalue weighted by Crippen LogP contribution is 2.06. The molecule has 1 N–H and O–H groups in total. The highest BCUT2D eigenvalue weighted by atomic mass is 19.1. The number of benzene rings is 1. The number of aryl methyl sites for hydroxylation is 1. The fourth-order valence-electron chi connectivity index (χ4n) is 1.39. The molecule has 2 rings (SSSR count). The number of amides is 1. The van der Waals surface area contributed by atoms with Crippen LogP contribution in [0.1, 0.15) is 21.6 Å². The van der Waals surface area contributed by atoms with Gasteiger partial charge in [-0.15, -0.1) is 0 Å². The summed E-state index contributed by atoms with van der Waals surface area (Å²) in [5.74, 6) is -0.553. The zero-order valence-electron chi connectivity index (χ0n) is 9.24. The SMILES string of the molecule is Cc1nocc1C(=O)NCc1ccc(F)cc1. The third kappa shape index (κ3) is 2.69. The molecule has 0 bridgehead atoms. The number of hydrogen-bond acceptors (Lipinski definition) is 3. The van der Waals surface area contributed by atoms with Crippen molar-refractivity contribution in [3.05, 3.63) is 53.2 Å². The van der Waals surface area contributed by atoms with Crippen molar-refractivity contribution < 1.29 is 13.7 Å². The summed E-state index contributed by atoms with van der Waals surface area (Å²) in [6.45, 7) is 2.03. The first-order valence-corrected chi connectivity index (χ1v) is 5.10. The summed E-state index contributed by atoms with van der Waals surface area (Å²) in [6, 6.07) is 5.95. The Morgan fingerprint density at radius 1 is 1.41 bits per heavy atom. The van der Waals surface area contributed by atoms with Crippen molar-refractivity contribution in [2.24, 2.45) is 0 Å². The third-order valence-electron chi connectivity index (χ3n) is 2.36. The maximum atomic E-state index is 12.7. The molecule has 0 saturated carbocycles. The van der Waals surface area contributed by atoms with Gasteiger partial charge in [-0.2, -0.15) is 0 Å². The van der Waals surface area contributed by atoms with Crippen LogP contribution in [0.25, 0.3) is 0 Å². The molecule has 0 radical (unpaired) electrons. The van der Waals surface area contributed by atoms with E-state index in [0.717, 1.165) is 5.56 Å². The number of rotatable bonds is 3. The number of halogens is 1.